The van der Waals surface area contributed by atoms with E-state index >= 15 is 0 Å². The number of rotatable bonds is 9. The molecule has 1 N–H and O–H groups in total. The number of amides is 1. The van der Waals surface area contributed by atoms with E-state index in [1.54, 1.807) is 12.1 Å². The second-order valence-electron chi connectivity index (χ2n) is 7.12. The maximum Gasteiger partial charge on any atom is 0.387 e. The molecule has 1 saturated carbocycles. The molecular weight excluding hydrogens is 384 g/mol. The molecule has 7 nitrogen and oxygen atoms in total. The van der Waals surface area contributed by atoms with E-state index in [1.807, 2.05) is 13.8 Å². The van der Waals surface area contributed by atoms with Crippen LogP contribution in [0.2, 0.25) is 0 Å². The van der Waals surface area contributed by atoms with Crippen molar-refractivity contribution < 1.29 is 27.6 Å². The van der Waals surface area contributed by atoms with Crippen molar-refractivity contribution >= 4 is 12.0 Å². The number of halogens is 2. The van der Waals surface area contributed by atoms with E-state index in [-0.39, 0.29) is 23.3 Å². The lowest BCUT2D eigenvalue weighted by atomic mass is 10.0. The number of carbonyl (C=O) groups is 1. The minimum Gasteiger partial charge on any atom is -0.493 e. The van der Waals surface area contributed by atoms with Gasteiger partial charge < -0.3 is 19.3 Å². The van der Waals surface area contributed by atoms with Crippen molar-refractivity contribution in [3.05, 3.63) is 41.6 Å². The van der Waals surface area contributed by atoms with Crippen LogP contribution in [0.1, 0.15) is 55.9 Å². The number of benzene rings is 1. The molecule has 1 amide bonds. The highest BCUT2D eigenvalue weighted by molar-refractivity contribution is 5.92. The van der Waals surface area contributed by atoms with E-state index in [0.29, 0.717) is 23.2 Å². The van der Waals surface area contributed by atoms with Gasteiger partial charge in [-0.2, -0.15) is 13.8 Å². The number of nitrogens with one attached hydrogen (secondary N) is 1. The molecule has 3 rings (SSSR count). The number of alkyl halides is 2. The summed E-state index contributed by atoms with van der Waals surface area (Å²) in [6.07, 6.45) is 5.01. The fourth-order valence-corrected chi connectivity index (χ4v) is 2.75. The monoisotopic (exact) mass is 407 g/mol. The molecule has 0 spiro atoms. The maximum atomic E-state index is 12.4. The summed E-state index contributed by atoms with van der Waals surface area (Å²) >= 11 is 0. The Kier molecular flexibility index (Phi) is 6.46. The summed E-state index contributed by atoms with van der Waals surface area (Å²) in [4.78, 5) is 16.8. The molecule has 0 bridgehead atoms. The zero-order valence-corrected chi connectivity index (χ0v) is 16.4. The van der Waals surface area contributed by atoms with Crippen LogP contribution in [-0.2, 0) is 4.79 Å². The van der Waals surface area contributed by atoms with Gasteiger partial charge in [-0.15, -0.1) is 0 Å². The highest BCUT2D eigenvalue weighted by Gasteiger charge is 2.31. The predicted octanol–water partition coefficient (Wildman–Crippen LogP) is 4.08. The summed E-state index contributed by atoms with van der Waals surface area (Å²) in [5.41, 5.74) is 0.591. The van der Waals surface area contributed by atoms with Crippen LogP contribution < -0.4 is 14.8 Å². The zero-order valence-electron chi connectivity index (χ0n) is 16.4. The van der Waals surface area contributed by atoms with Crippen LogP contribution in [0.25, 0.3) is 6.08 Å². The number of ether oxygens (including phenoxy) is 2. The summed E-state index contributed by atoms with van der Waals surface area (Å²) in [6, 6.07) is 3.99. The Morgan fingerprint density at radius 1 is 1.31 bits per heavy atom. The second-order valence-corrected chi connectivity index (χ2v) is 7.12. The van der Waals surface area contributed by atoms with Crippen molar-refractivity contribution in [2.45, 2.75) is 45.3 Å². The third-order valence-corrected chi connectivity index (χ3v) is 4.46. The summed E-state index contributed by atoms with van der Waals surface area (Å²) in [5, 5.41) is 6.86. The molecule has 1 aliphatic rings. The van der Waals surface area contributed by atoms with Gasteiger partial charge in [0.05, 0.1) is 7.11 Å². The van der Waals surface area contributed by atoms with Gasteiger partial charge in [-0.05, 0) is 42.5 Å². The molecule has 1 atom stereocenters. The molecule has 1 aromatic heterocycles. The van der Waals surface area contributed by atoms with Crippen molar-refractivity contribution in [1.29, 1.82) is 0 Å². The van der Waals surface area contributed by atoms with E-state index in [4.69, 9.17) is 9.26 Å². The molecule has 1 fully saturated rings. The molecule has 2 aromatic rings. The Labute approximate surface area is 167 Å². The van der Waals surface area contributed by atoms with Crippen LogP contribution in [0.15, 0.2) is 28.8 Å². The summed E-state index contributed by atoms with van der Waals surface area (Å²) in [5.74, 6) is 1.21. The van der Waals surface area contributed by atoms with Gasteiger partial charge in [-0.1, -0.05) is 25.1 Å². The van der Waals surface area contributed by atoms with Crippen molar-refractivity contribution in [3.63, 3.8) is 0 Å². The van der Waals surface area contributed by atoms with Crippen molar-refractivity contribution in [1.82, 2.24) is 15.5 Å². The average molecular weight is 407 g/mol. The van der Waals surface area contributed by atoms with Crippen molar-refractivity contribution in [2.24, 2.45) is 5.92 Å². The van der Waals surface area contributed by atoms with Gasteiger partial charge in [-0.3, -0.25) is 4.79 Å². The minimum atomic E-state index is -2.95. The van der Waals surface area contributed by atoms with E-state index in [1.165, 1.54) is 25.3 Å². The normalized spacial score (nSPS) is 15.1. The van der Waals surface area contributed by atoms with Crippen LogP contribution in [0.3, 0.4) is 0 Å². The molecule has 9 heteroatoms. The first kappa shape index (κ1) is 20.8. The molecule has 0 aliphatic heterocycles. The highest BCUT2D eigenvalue weighted by atomic mass is 19.3. The molecule has 0 radical (unpaired) electrons. The zero-order chi connectivity index (χ0) is 21.0. The van der Waals surface area contributed by atoms with Gasteiger partial charge in [0.15, 0.2) is 17.3 Å². The van der Waals surface area contributed by atoms with Crippen LogP contribution in [0.4, 0.5) is 8.78 Å². The number of hydrogen-bond acceptors (Lipinski definition) is 6. The number of nitrogens with zero attached hydrogens (tertiary/aromatic N) is 2. The molecule has 1 aliphatic carbocycles. The Morgan fingerprint density at radius 3 is 2.69 bits per heavy atom. The summed E-state index contributed by atoms with van der Waals surface area (Å²) in [7, 11) is 1.35. The van der Waals surface area contributed by atoms with Crippen molar-refractivity contribution in [3.8, 4) is 11.5 Å². The van der Waals surface area contributed by atoms with Gasteiger partial charge in [0.2, 0.25) is 11.8 Å². The van der Waals surface area contributed by atoms with Crippen molar-refractivity contribution in [2.75, 3.05) is 7.11 Å². The Hall–Kier alpha value is -2.97. The van der Waals surface area contributed by atoms with E-state index in [2.05, 4.69) is 20.2 Å². The van der Waals surface area contributed by atoms with Gasteiger partial charge in [0, 0.05) is 12.0 Å². The largest absolute Gasteiger partial charge is 0.493 e. The third kappa shape index (κ3) is 5.52. The van der Waals surface area contributed by atoms with E-state index < -0.39 is 12.7 Å². The lowest BCUT2D eigenvalue weighted by Gasteiger charge is -2.17. The van der Waals surface area contributed by atoms with E-state index in [0.717, 1.165) is 12.8 Å². The SMILES string of the molecule is COc1cc(C=CC(=O)NC(c2nc(C3CC3)no2)C(C)C)ccc1OC(F)F. The Balaban J connectivity index is 1.66. The molecule has 0 saturated heterocycles. The Bertz CT molecular complexity index is 878. The summed E-state index contributed by atoms with van der Waals surface area (Å²) in [6.45, 7) is 0.944. The maximum absolute atomic E-state index is 12.4. The minimum absolute atomic E-state index is 0.0470. The predicted molar refractivity (Wildman–Crippen MR) is 101 cm³/mol. The number of hydrogen-bond donors (Lipinski definition) is 1. The second kappa shape index (κ2) is 9.02. The lowest BCUT2D eigenvalue weighted by molar-refractivity contribution is -0.117. The highest BCUT2D eigenvalue weighted by Crippen LogP contribution is 2.38. The number of aromatic nitrogens is 2. The molecule has 1 unspecified atom stereocenters. The third-order valence-electron chi connectivity index (χ3n) is 4.46. The van der Waals surface area contributed by atoms with Gasteiger partial charge >= 0.3 is 6.61 Å². The van der Waals surface area contributed by atoms with E-state index in [9.17, 15) is 13.6 Å². The molecule has 29 heavy (non-hydrogen) atoms. The first-order chi connectivity index (χ1) is 13.9. The fraction of sp³-hybridized carbons (Fsp3) is 0.450. The molecule has 156 valence electrons. The number of carbonyl (C=O) groups excluding carboxylic acids is 1. The fourth-order valence-electron chi connectivity index (χ4n) is 2.75. The molecule has 1 heterocycles. The Morgan fingerprint density at radius 2 is 2.07 bits per heavy atom. The lowest BCUT2D eigenvalue weighted by Crippen LogP contribution is -2.30. The first-order valence-corrected chi connectivity index (χ1v) is 9.32. The van der Waals surface area contributed by atoms with Gasteiger partial charge in [0.1, 0.15) is 6.04 Å². The first-order valence-electron chi connectivity index (χ1n) is 9.32. The van der Waals surface area contributed by atoms with Crippen LogP contribution in [0, 0.1) is 5.92 Å². The number of methoxy groups -OCH3 is 1. The van der Waals surface area contributed by atoms with Crippen LogP contribution in [0.5, 0.6) is 11.5 Å². The molecular formula is C20H23F2N3O4. The standard InChI is InChI=1S/C20H23F2N3O4/c1-11(2)17(19-24-18(25-29-19)13-6-7-13)23-16(26)9-5-12-4-8-14(28-20(21)22)15(10-12)27-3/h4-5,8-11,13,17,20H,6-7H2,1-3H3,(H,23,26). The average Bonchev–Trinajstić information content (AvgIpc) is 3.42. The topological polar surface area (TPSA) is 86.5 Å². The quantitative estimate of drug-likeness (QED) is 0.630. The van der Waals surface area contributed by atoms with Crippen LogP contribution >= 0.6 is 0 Å². The summed E-state index contributed by atoms with van der Waals surface area (Å²) < 4.78 is 39.6. The smallest absolute Gasteiger partial charge is 0.387 e. The molecule has 1 aromatic carbocycles. The van der Waals surface area contributed by atoms with Gasteiger partial charge in [-0.25, -0.2) is 0 Å². The van der Waals surface area contributed by atoms with Gasteiger partial charge in [0.25, 0.3) is 0 Å². The van der Waals surface area contributed by atoms with Crippen LogP contribution in [-0.4, -0.2) is 29.8 Å².